The molecule has 1 amide bonds. The van der Waals surface area contributed by atoms with E-state index < -0.39 is 0 Å². The fourth-order valence-corrected chi connectivity index (χ4v) is 2.73. The summed E-state index contributed by atoms with van der Waals surface area (Å²) >= 11 is 0. The number of carbonyl (C=O) groups is 1. The maximum atomic E-state index is 12.4. The van der Waals surface area contributed by atoms with Crippen molar-refractivity contribution in [2.75, 3.05) is 0 Å². The van der Waals surface area contributed by atoms with E-state index in [1.165, 1.54) is 16.7 Å². The number of carbonyl (C=O) groups excluding carboxylic acids is 1. The van der Waals surface area contributed by atoms with E-state index >= 15 is 0 Å². The highest BCUT2D eigenvalue weighted by molar-refractivity contribution is 5.85. The number of rotatable bonds is 2. The van der Waals surface area contributed by atoms with Crippen LogP contribution in [0.25, 0.3) is 0 Å². The summed E-state index contributed by atoms with van der Waals surface area (Å²) in [5, 5.41) is 0. The van der Waals surface area contributed by atoms with Gasteiger partial charge in [-0.2, -0.15) is 0 Å². The summed E-state index contributed by atoms with van der Waals surface area (Å²) in [5.74, 6) is 0.191. The van der Waals surface area contributed by atoms with E-state index in [9.17, 15) is 4.79 Å². The van der Waals surface area contributed by atoms with Crippen LogP contribution in [0.3, 0.4) is 0 Å². The second-order valence-electron chi connectivity index (χ2n) is 5.10. The van der Waals surface area contributed by atoms with Gasteiger partial charge in [0.2, 0.25) is 5.91 Å². The SMILES string of the molecule is CC1C(=O)N(Cc2ccccc2)Cc2ccccc21. The Bertz CT molecular complexity index is 591. The van der Waals surface area contributed by atoms with Crippen molar-refractivity contribution in [3.05, 3.63) is 71.3 Å². The number of hydrogen-bond donors (Lipinski definition) is 0. The minimum absolute atomic E-state index is 0.0336. The van der Waals surface area contributed by atoms with Gasteiger partial charge in [-0.3, -0.25) is 4.79 Å². The molecular weight excluding hydrogens is 234 g/mol. The number of hydrogen-bond acceptors (Lipinski definition) is 1. The summed E-state index contributed by atoms with van der Waals surface area (Å²) in [6, 6.07) is 18.4. The standard InChI is InChI=1S/C17H17NO/c1-13-16-10-6-5-9-15(16)12-18(17(13)19)11-14-7-3-2-4-8-14/h2-10,13H,11-12H2,1H3. The molecule has 0 bridgehead atoms. The number of amides is 1. The van der Waals surface area contributed by atoms with E-state index in [4.69, 9.17) is 0 Å². The maximum absolute atomic E-state index is 12.4. The van der Waals surface area contributed by atoms with Gasteiger partial charge in [0.1, 0.15) is 0 Å². The largest absolute Gasteiger partial charge is 0.334 e. The Morgan fingerprint density at radius 1 is 1.05 bits per heavy atom. The molecule has 1 unspecified atom stereocenters. The van der Waals surface area contributed by atoms with E-state index in [2.05, 4.69) is 24.3 Å². The first-order valence-corrected chi connectivity index (χ1v) is 6.66. The van der Waals surface area contributed by atoms with Crippen molar-refractivity contribution in [3.63, 3.8) is 0 Å². The quantitative estimate of drug-likeness (QED) is 0.801. The molecule has 2 aromatic carbocycles. The Hall–Kier alpha value is -2.09. The smallest absolute Gasteiger partial charge is 0.230 e. The second kappa shape index (κ2) is 4.88. The van der Waals surface area contributed by atoms with Gasteiger partial charge in [0, 0.05) is 13.1 Å². The van der Waals surface area contributed by atoms with Crippen LogP contribution in [0.4, 0.5) is 0 Å². The molecule has 0 saturated carbocycles. The van der Waals surface area contributed by atoms with Gasteiger partial charge in [0.25, 0.3) is 0 Å². The van der Waals surface area contributed by atoms with E-state index in [0.717, 1.165) is 0 Å². The molecule has 0 aromatic heterocycles. The van der Waals surface area contributed by atoms with Crippen molar-refractivity contribution in [2.45, 2.75) is 25.9 Å². The molecule has 2 nitrogen and oxygen atoms in total. The van der Waals surface area contributed by atoms with Crippen LogP contribution < -0.4 is 0 Å². The lowest BCUT2D eigenvalue weighted by molar-refractivity contribution is -0.134. The fourth-order valence-electron chi connectivity index (χ4n) is 2.73. The molecule has 0 spiro atoms. The number of benzene rings is 2. The fraction of sp³-hybridized carbons (Fsp3) is 0.235. The van der Waals surface area contributed by atoms with Crippen molar-refractivity contribution in [3.8, 4) is 0 Å². The molecule has 1 atom stereocenters. The van der Waals surface area contributed by atoms with Crippen LogP contribution in [-0.2, 0) is 17.9 Å². The van der Waals surface area contributed by atoms with Crippen LogP contribution in [0, 0.1) is 0 Å². The molecule has 2 aromatic rings. The van der Waals surface area contributed by atoms with Crippen LogP contribution >= 0.6 is 0 Å². The van der Waals surface area contributed by atoms with Gasteiger partial charge in [-0.05, 0) is 23.6 Å². The van der Waals surface area contributed by atoms with Crippen molar-refractivity contribution < 1.29 is 4.79 Å². The summed E-state index contributed by atoms with van der Waals surface area (Å²) < 4.78 is 0. The minimum atomic E-state index is -0.0336. The molecule has 19 heavy (non-hydrogen) atoms. The van der Waals surface area contributed by atoms with E-state index in [1.54, 1.807) is 0 Å². The molecule has 96 valence electrons. The average Bonchev–Trinajstić information content (AvgIpc) is 2.46. The first kappa shape index (κ1) is 12.0. The molecule has 0 saturated heterocycles. The Kier molecular flexibility index (Phi) is 3.08. The third kappa shape index (κ3) is 2.26. The topological polar surface area (TPSA) is 20.3 Å². The predicted molar refractivity (Wildman–Crippen MR) is 75.6 cm³/mol. The molecular formula is C17H17NO. The van der Waals surface area contributed by atoms with Crippen LogP contribution in [0.15, 0.2) is 54.6 Å². The highest BCUT2D eigenvalue weighted by Crippen LogP contribution is 2.29. The van der Waals surface area contributed by atoms with E-state index in [1.807, 2.05) is 42.2 Å². The van der Waals surface area contributed by atoms with Gasteiger partial charge in [0.15, 0.2) is 0 Å². The van der Waals surface area contributed by atoms with Gasteiger partial charge in [-0.25, -0.2) is 0 Å². The van der Waals surface area contributed by atoms with Gasteiger partial charge in [0.05, 0.1) is 5.92 Å². The molecule has 1 aliphatic heterocycles. The Balaban J connectivity index is 1.87. The summed E-state index contributed by atoms with van der Waals surface area (Å²) in [6.07, 6.45) is 0. The molecule has 0 fully saturated rings. The molecule has 0 aliphatic carbocycles. The van der Waals surface area contributed by atoms with Gasteiger partial charge < -0.3 is 4.90 Å². The zero-order valence-electron chi connectivity index (χ0n) is 11.0. The first-order valence-electron chi connectivity index (χ1n) is 6.66. The maximum Gasteiger partial charge on any atom is 0.230 e. The van der Waals surface area contributed by atoms with Gasteiger partial charge >= 0.3 is 0 Å². The zero-order valence-corrected chi connectivity index (χ0v) is 11.0. The lowest BCUT2D eigenvalue weighted by atomic mass is 9.90. The lowest BCUT2D eigenvalue weighted by Gasteiger charge is -2.32. The monoisotopic (exact) mass is 251 g/mol. The Morgan fingerprint density at radius 3 is 2.53 bits per heavy atom. The number of nitrogens with zero attached hydrogens (tertiary/aromatic N) is 1. The molecule has 2 heteroatoms. The minimum Gasteiger partial charge on any atom is -0.334 e. The van der Waals surface area contributed by atoms with Gasteiger partial charge in [-0.1, -0.05) is 54.6 Å². The van der Waals surface area contributed by atoms with Crippen molar-refractivity contribution >= 4 is 5.91 Å². The highest BCUT2D eigenvalue weighted by atomic mass is 16.2. The second-order valence-corrected chi connectivity index (χ2v) is 5.10. The number of fused-ring (bicyclic) bond motifs is 1. The zero-order chi connectivity index (χ0) is 13.2. The predicted octanol–water partition coefficient (Wildman–Crippen LogP) is 3.33. The Morgan fingerprint density at radius 2 is 1.74 bits per heavy atom. The van der Waals surface area contributed by atoms with E-state index in [-0.39, 0.29) is 11.8 Å². The molecule has 1 aliphatic rings. The van der Waals surface area contributed by atoms with Crippen molar-refractivity contribution in [2.24, 2.45) is 0 Å². The molecule has 0 N–H and O–H groups in total. The van der Waals surface area contributed by atoms with Crippen LogP contribution in [0.5, 0.6) is 0 Å². The summed E-state index contributed by atoms with van der Waals surface area (Å²) in [5.41, 5.74) is 3.63. The van der Waals surface area contributed by atoms with Gasteiger partial charge in [-0.15, -0.1) is 0 Å². The lowest BCUT2D eigenvalue weighted by Crippen LogP contribution is -2.37. The van der Waals surface area contributed by atoms with Crippen molar-refractivity contribution in [1.29, 1.82) is 0 Å². The summed E-state index contributed by atoms with van der Waals surface area (Å²) in [6.45, 7) is 3.41. The van der Waals surface area contributed by atoms with Crippen LogP contribution in [0.1, 0.15) is 29.5 Å². The third-order valence-corrected chi connectivity index (χ3v) is 3.78. The third-order valence-electron chi connectivity index (χ3n) is 3.78. The summed E-state index contributed by atoms with van der Waals surface area (Å²) in [7, 11) is 0. The highest BCUT2D eigenvalue weighted by Gasteiger charge is 2.29. The molecule has 1 heterocycles. The average molecular weight is 251 g/mol. The van der Waals surface area contributed by atoms with Crippen molar-refractivity contribution in [1.82, 2.24) is 4.90 Å². The Labute approximate surface area is 113 Å². The summed E-state index contributed by atoms with van der Waals surface area (Å²) in [4.78, 5) is 14.4. The molecule has 0 radical (unpaired) electrons. The van der Waals surface area contributed by atoms with E-state index in [0.29, 0.717) is 13.1 Å². The molecule has 3 rings (SSSR count). The van der Waals surface area contributed by atoms with Crippen LogP contribution in [0.2, 0.25) is 0 Å². The first-order chi connectivity index (χ1) is 9.25. The normalized spacial score (nSPS) is 18.3. The van der Waals surface area contributed by atoms with Crippen LogP contribution in [-0.4, -0.2) is 10.8 Å².